The van der Waals surface area contributed by atoms with Crippen LogP contribution in [0.4, 0.5) is 8.78 Å². The first kappa shape index (κ1) is 13.7. The Bertz CT molecular complexity index is 700. The number of halogens is 2. The number of carbonyl (C=O) groups is 1. The minimum atomic E-state index is -0.936. The lowest BCUT2D eigenvalue weighted by molar-refractivity contribution is -0.119. The summed E-state index contributed by atoms with van der Waals surface area (Å²) in [6.45, 7) is 1.22. The molecule has 3 rings (SSSR count). The Labute approximate surface area is 119 Å². The van der Waals surface area contributed by atoms with E-state index >= 15 is 0 Å². The maximum atomic E-state index is 13.3. The van der Waals surface area contributed by atoms with Crippen molar-refractivity contribution in [1.29, 1.82) is 0 Å². The van der Waals surface area contributed by atoms with Crippen molar-refractivity contribution >= 4 is 5.91 Å². The molecular weight excluding hydrogens is 280 g/mol. The van der Waals surface area contributed by atoms with Gasteiger partial charge in [-0.2, -0.15) is 0 Å². The van der Waals surface area contributed by atoms with Crippen LogP contribution in [-0.2, 0) is 17.8 Å². The van der Waals surface area contributed by atoms with Gasteiger partial charge in [0.05, 0.1) is 6.54 Å². The van der Waals surface area contributed by atoms with Crippen LogP contribution >= 0.6 is 0 Å². The fraction of sp³-hybridized carbons (Fsp3) is 0.286. The summed E-state index contributed by atoms with van der Waals surface area (Å²) < 4.78 is 31.6. The number of aromatic nitrogens is 1. The summed E-state index contributed by atoms with van der Waals surface area (Å²) in [5.74, 6) is -1.56. The number of hydrogen-bond acceptors (Lipinski definition) is 4. The molecule has 0 aliphatic carbocycles. The fourth-order valence-corrected chi connectivity index (χ4v) is 2.49. The van der Waals surface area contributed by atoms with Crippen LogP contribution in [0.2, 0.25) is 0 Å². The molecule has 5 nitrogen and oxygen atoms in total. The van der Waals surface area contributed by atoms with E-state index < -0.39 is 17.5 Å². The summed E-state index contributed by atoms with van der Waals surface area (Å²) in [6, 6.07) is 3.58. The molecule has 7 heteroatoms. The molecular formula is C14H13F2N3O2. The van der Waals surface area contributed by atoms with Gasteiger partial charge in [-0.05, 0) is 18.2 Å². The van der Waals surface area contributed by atoms with Crippen LogP contribution in [0, 0.1) is 11.6 Å². The van der Waals surface area contributed by atoms with E-state index in [4.69, 9.17) is 10.3 Å². The number of benzene rings is 1. The lowest BCUT2D eigenvalue weighted by Crippen LogP contribution is -2.37. The minimum Gasteiger partial charge on any atom is -0.369 e. The summed E-state index contributed by atoms with van der Waals surface area (Å²) in [7, 11) is 0. The third-order valence-corrected chi connectivity index (χ3v) is 3.48. The molecule has 1 aliphatic rings. The van der Waals surface area contributed by atoms with E-state index in [0.717, 1.165) is 17.7 Å². The van der Waals surface area contributed by atoms with Crippen molar-refractivity contribution in [3.8, 4) is 11.3 Å². The molecule has 2 N–H and O–H groups in total. The summed E-state index contributed by atoms with van der Waals surface area (Å²) in [4.78, 5) is 12.9. The SMILES string of the molecule is NC(=O)CN1CCc2onc(-c3ccc(F)c(F)c3)c2C1. The van der Waals surface area contributed by atoms with Crippen molar-refractivity contribution in [2.24, 2.45) is 5.73 Å². The van der Waals surface area contributed by atoms with E-state index in [2.05, 4.69) is 5.16 Å². The van der Waals surface area contributed by atoms with Gasteiger partial charge in [-0.25, -0.2) is 8.78 Å². The van der Waals surface area contributed by atoms with E-state index in [9.17, 15) is 13.6 Å². The predicted molar refractivity (Wildman–Crippen MR) is 70.0 cm³/mol. The van der Waals surface area contributed by atoms with Crippen molar-refractivity contribution in [3.63, 3.8) is 0 Å². The molecule has 0 spiro atoms. The van der Waals surface area contributed by atoms with Gasteiger partial charge in [0.2, 0.25) is 5.91 Å². The van der Waals surface area contributed by atoms with E-state index in [1.807, 2.05) is 4.90 Å². The first-order valence-electron chi connectivity index (χ1n) is 6.48. The molecule has 110 valence electrons. The van der Waals surface area contributed by atoms with E-state index in [0.29, 0.717) is 36.5 Å². The van der Waals surface area contributed by atoms with Gasteiger partial charge in [-0.1, -0.05) is 5.16 Å². The van der Waals surface area contributed by atoms with Gasteiger partial charge in [0.15, 0.2) is 11.6 Å². The Kier molecular flexibility index (Phi) is 3.42. The predicted octanol–water partition coefficient (Wildman–Crippen LogP) is 1.46. The Morgan fingerprint density at radius 2 is 2.19 bits per heavy atom. The molecule has 1 aromatic carbocycles. The van der Waals surface area contributed by atoms with Gasteiger partial charge in [0, 0.05) is 30.6 Å². The highest BCUT2D eigenvalue weighted by Crippen LogP contribution is 2.30. The number of rotatable bonds is 3. The second kappa shape index (κ2) is 5.25. The zero-order valence-electron chi connectivity index (χ0n) is 11.1. The Morgan fingerprint density at radius 1 is 1.38 bits per heavy atom. The largest absolute Gasteiger partial charge is 0.369 e. The standard InChI is InChI=1S/C14H13F2N3O2/c15-10-2-1-8(5-11(10)16)14-9-6-19(7-13(17)20)4-3-12(9)21-18-14/h1-2,5H,3-4,6-7H2,(H2,17,20). The molecule has 2 heterocycles. The van der Waals surface area contributed by atoms with Gasteiger partial charge in [-0.15, -0.1) is 0 Å². The van der Waals surface area contributed by atoms with Crippen molar-refractivity contribution < 1.29 is 18.1 Å². The van der Waals surface area contributed by atoms with E-state index in [1.54, 1.807) is 0 Å². The number of nitrogens with zero attached hydrogens (tertiary/aromatic N) is 2. The molecule has 1 aromatic heterocycles. The molecule has 0 bridgehead atoms. The van der Waals surface area contributed by atoms with Gasteiger partial charge in [0.1, 0.15) is 11.5 Å². The molecule has 0 unspecified atom stereocenters. The normalized spacial score (nSPS) is 15.0. The smallest absolute Gasteiger partial charge is 0.231 e. The molecule has 0 saturated carbocycles. The van der Waals surface area contributed by atoms with Gasteiger partial charge < -0.3 is 10.3 Å². The molecule has 0 fully saturated rings. The zero-order valence-corrected chi connectivity index (χ0v) is 11.1. The molecule has 1 amide bonds. The maximum Gasteiger partial charge on any atom is 0.231 e. The lowest BCUT2D eigenvalue weighted by Gasteiger charge is -2.24. The fourth-order valence-electron chi connectivity index (χ4n) is 2.49. The van der Waals surface area contributed by atoms with Gasteiger partial charge in [0.25, 0.3) is 0 Å². The second-order valence-electron chi connectivity index (χ2n) is 4.99. The van der Waals surface area contributed by atoms with Crippen molar-refractivity contribution in [2.45, 2.75) is 13.0 Å². The van der Waals surface area contributed by atoms with Crippen LogP contribution < -0.4 is 5.73 Å². The third kappa shape index (κ3) is 2.64. The molecule has 21 heavy (non-hydrogen) atoms. The van der Waals surface area contributed by atoms with Crippen molar-refractivity contribution in [2.75, 3.05) is 13.1 Å². The Morgan fingerprint density at radius 3 is 2.90 bits per heavy atom. The number of primary amides is 1. The quantitative estimate of drug-likeness (QED) is 0.930. The number of fused-ring (bicyclic) bond motifs is 1. The summed E-state index contributed by atoms with van der Waals surface area (Å²) in [5, 5.41) is 3.95. The summed E-state index contributed by atoms with van der Waals surface area (Å²) in [6.07, 6.45) is 0.597. The first-order chi connectivity index (χ1) is 10.0. The molecule has 0 atom stereocenters. The van der Waals surface area contributed by atoms with Crippen LogP contribution in [0.3, 0.4) is 0 Å². The lowest BCUT2D eigenvalue weighted by atomic mass is 10.0. The molecule has 0 radical (unpaired) electrons. The van der Waals surface area contributed by atoms with Crippen LogP contribution in [-0.4, -0.2) is 29.1 Å². The van der Waals surface area contributed by atoms with Gasteiger partial charge >= 0.3 is 0 Å². The summed E-state index contributed by atoms with van der Waals surface area (Å²) >= 11 is 0. The van der Waals surface area contributed by atoms with E-state index in [1.165, 1.54) is 6.07 Å². The number of hydrogen-bond donors (Lipinski definition) is 1. The highest BCUT2D eigenvalue weighted by atomic mass is 19.2. The minimum absolute atomic E-state index is 0.141. The van der Waals surface area contributed by atoms with E-state index in [-0.39, 0.29) is 6.54 Å². The monoisotopic (exact) mass is 293 g/mol. The highest BCUT2D eigenvalue weighted by molar-refractivity contribution is 5.76. The van der Waals surface area contributed by atoms with Crippen molar-refractivity contribution in [1.82, 2.24) is 10.1 Å². The number of nitrogens with two attached hydrogens (primary N) is 1. The third-order valence-electron chi connectivity index (χ3n) is 3.48. The average Bonchev–Trinajstić information content (AvgIpc) is 2.84. The average molecular weight is 293 g/mol. The highest BCUT2D eigenvalue weighted by Gasteiger charge is 2.25. The van der Waals surface area contributed by atoms with Crippen LogP contribution in [0.1, 0.15) is 11.3 Å². The number of amides is 1. The number of carbonyl (C=O) groups excluding carboxylic acids is 1. The Balaban J connectivity index is 1.94. The van der Waals surface area contributed by atoms with Gasteiger partial charge in [-0.3, -0.25) is 9.69 Å². The molecule has 1 aliphatic heterocycles. The molecule has 0 saturated heterocycles. The first-order valence-corrected chi connectivity index (χ1v) is 6.48. The summed E-state index contributed by atoms with van der Waals surface area (Å²) in [5.41, 5.74) is 6.89. The molecule has 2 aromatic rings. The zero-order chi connectivity index (χ0) is 15.0. The van der Waals surface area contributed by atoms with Crippen molar-refractivity contribution in [3.05, 3.63) is 41.2 Å². The van der Waals surface area contributed by atoms with Crippen LogP contribution in [0.25, 0.3) is 11.3 Å². The topological polar surface area (TPSA) is 72.4 Å². The Hall–Kier alpha value is -2.28. The van der Waals surface area contributed by atoms with Crippen LogP contribution in [0.5, 0.6) is 0 Å². The second-order valence-corrected chi connectivity index (χ2v) is 4.99. The van der Waals surface area contributed by atoms with Crippen LogP contribution in [0.15, 0.2) is 22.7 Å². The maximum absolute atomic E-state index is 13.3.